The Bertz CT molecular complexity index is 952. The van der Waals surface area contributed by atoms with E-state index >= 15 is 0 Å². The number of nitrogens with zero attached hydrogens (tertiary/aromatic N) is 1. The molecule has 0 radical (unpaired) electrons. The van der Waals surface area contributed by atoms with E-state index in [4.69, 9.17) is 5.11 Å². The number of rotatable bonds is 4. The molecular weight excluding hydrogens is 372 g/mol. The first kappa shape index (κ1) is 21.0. The summed E-state index contributed by atoms with van der Waals surface area (Å²) in [5, 5.41) is 8.87. The van der Waals surface area contributed by atoms with Crippen molar-refractivity contribution in [1.82, 2.24) is 0 Å². The first-order valence-corrected chi connectivity index (χ1v) is 9.84. The molecule has 2 aromatic rings. The van der Waals surface area contributed by atoms with Crippen molar-refractivity contribution in [3.8, 4) is 11.8 Å². The Hall–Kier alpha value is -2.71. The summed E-state index contributed by atoms with van der Waals surface area (Å²) in [6.07, 6.45) is 1.99. The molecule has 0 aromatic heterocycles. The van der Waals surface area contributed by atoms with Crippen LogP contribution >= 0.6 is 0 Å². The third-order valence-electron chi connectivity index (χ3n) is 5.26. The number of piperidine rings is 1. The molecule has 1 aliphatic heterocycles. The topological polar surface area (TPSA) is 40.5 Å². The maximum absolute atomic E-state index is 14.1. The van der Waals surface area contributed by atoms with Gasteiger partial charge in [-0.2, -0.15) is 0 Å². The van der Waals surface area contributed by atoms with E-state index in [0.717, 1.165) is 28.4 Å². The minimum atomic E-state index is -0.583. The van der Waals surface area contributed by atoms with Gasteiger partial charge in [-0.25, -0.2) is 8.78 Å². The van der Waals surface area contributed by atoms with Gasteiger partial charge in [0.2, 0.25) is 5.91 Å². The Labute approximate surface area is 170 Å². The summed E-state index contributed by atoms with van der Waals surface area (Å²) < 4.78 is 27.2. The van der Waals surface area contributed by atoms with Crippen molar-refractivity contribution >= 4 is 11.6 Å². The number of aliphatic hydroxyl groups excluding tert-OH is 1. The number of aryl methyl sites for hydroxylation is 2. The van der Waals surface area contributed by atoms with Gasteiger partial charge in [-0.15, -0.1) is 0 Å². The molecule has 1 N–H and O–H groups in total. The Kier molecular flexibility index (Phi) is 6.66. The van der Waals surface area contributed by atoms with Crippen molar-refractivity contribution in [2.45, 2.75) is 39.5 Å². The maximum atomic E-state index is 14.1. The molecule has 1 aliphatic rings. The Morgan fingerprint density at radius 1 is 1.17 bits per heavy atom. The molecule has 3 nitrogen and oxygen atoms in total. The van der Waals surface area contributed by atoms with Crippen LogP contribution in [0.2, 0.25) is 0 Å². The lowest BCUT2D eigenvalue weighted by atomic mass is 9.89. The standard InChI is InChI=1S/C24H25F2NO2/c1-16-11-18(5-3-4-10-28)12-17(2)24(16)27-15-19(6-9-23(27)29)13-20-7-8-21(25)14-22(20)26/h7-8,11-12,14,19,28H,4,6,9-10,13,15H2,1-2H3. The SMILES string of the molecule is Cc1cc(C#CCCO)cc(C)c1N1CC(Cc2ccc(F)cc2F)CCC1=O. The van der Waals surface area contributed by atoms with E-state index < -0.39 is 11.6 Å². The summed E-state index contributed by atoms with van der Waals surface area (Å²) >= 11 is 0. The molecule has 152 valence electrons. The van der Waals surface area contributed by atoms with E-state index in [1.54, 1.807) is 4.90 Å². The minimum Gasteiger partial charge on any atom is -0.395 e. The van der Waals surface area contributed by atoms with Crippen molar-refractivity contribution in [3.05, 3.63) is 64.2 Å². The van der Waals surface area contributed by atoms with E-state index in [9.17, 15) is 13.6 Å². The smallest absolute Gasteiger partial charge is 0.227 e. The number of aliphatic hydroxyl groups is 1. The lowest BCUT2D eigenvalue weighted by Gasteiger charge is -2.34. The van der Waals surface area contributed by atoms with Crippen LogP contribution in [0.5, 0.6) is 0 Å². The summed E-state index contributed by atoms with van der Waals surface area (Å²) in [6.45, 7) is 4.44. The summed E-state index contributed by atoms with van der Waals surface area (Å²) in [5.41, 5.74) is 4.13. The van der Waals surface area contributed by atoms with Crippen LogP contribution in [-0.4, -0.2) is 24.2 Å². The van der Waals surface area contributed by atoms with Crippen LogP contribution in [0, 0.1) is 43.2 Å². The van der Waals surface area contributed by atoms with Crippen LogP contribution < -0.4 is 4.90 Å². The zero-order chi connectivity index (χ0) is 21.0. The second-order valence-corrected chi connectivity index (χ2v) is 7.58. The quantitative estimate of drug-likeness (QED) is 0.782. The highest BCUT2D eigenvalue weighted by Gasteiger charge is 2.29. The van der Waals surface area contributed by atoms with Crippen molar-refractivity contribution in [2.24, 2.45) is 5.92 Å². The number of amides is 1. The fourth-order valence-corrected chi connectivity index (χ4v) is 3.97. The number of hydrogen-bond donors (Lipinski definition) is 1. The monoisotopic (exact) mass is 397 g/mol. The lowest BCUT2D eigenvalue weighted by molar-refractivity contribution is -0.120. The van der Waals surface area contributed by atoms with Gasteiger partial charge in [-0.1, -0.05) is 17.9 Å². The Balaban J connectivity index is 1.82. The van der Waals surface area contributed by atoms with Crippen LogP contribution in [0.25, 0.3) is 0 Å². The highest BCUT2D eigenvalue weighted by molar-refractivity contribution is 5.95. The molecule has 0 bridgehead atoms. The number of carbonyl (C=O) groups is 1. The van der Waals surface area contributed by atoms with Gasteiger partial charge in [0, 0.05) is 36.7 Å². The predicted molar refractivity (Wildman–Crippen MR) is 110 cm³/mol. The van der Waals surface area contributed by atoms with Gasteiger partial charge >= 0.3 is 0 Å². The molecule has 29 heavy (non-hydrogen) atoms. The van der Waals surface area contributed by atoms with E-state index in [1.807, 2.05) is 26.0 Å². The molecule has 1 fully saturated rings. The molecule has 3 rings (SSSR count). The highest BCUT2D eigenvalue weighted by Crippen LogP contribution is 2.32. The first-order chi connectivity index (χ1) is 13.9. The second-order valence-electron chi connectivity index (χ2n) is 7.58. The molecule has 2 aromatic carbocycles. The van der Waals surface area contributed by atoms with E-state index in [2.05, 4.69) is 11.8 Å². The first-order valence-electron chi connectivity index (χ1n) is 9.84. The summed E-state index contributed by atoms with van der Waals surface area (Å²) in [7, 11) is 0. The van der Waals surface area contributed by atoms with Gasteiger partial charge in [0.1, 0.15) is 11.6 Å². The zero-order valence-electron chi connectivity index (χ0n) is 16.8. The number of halogens is 2. The van der Waals surface area contributed by atoms with Gasteiger partial charge < -0.3 is 10.0 Å². The maximum Gasteiger partial charge on any atom is 0.227 e. The molecule has 1 saturated heterocycles. The number of carbonyl (C=O) groups excluding carboxylic acids is 1. The third kappa shape index (κ3) is 5.02. The van der Waals surface area contributed by atoms with Crippen LogP contribution in [0.1, 0.15) is 41.5 Å². The van der Waals surface area contributed by atoms with Crippen LogP contribution in [0.15, 0.2) is 30.3 Å². The van der Waals surface area contributed by atoms with Crippen LogP contribution in [0.3, 0.4) is 0 Å². The normalized spacial score (nSPS) is 16.5. The van der Waals surface area contributed by atoms with Gasteiger partial charge in [0.15, 0.2) is 0 Å². The predicted octanol–water partition coefficient (Wildman–Crippen LogP) is 4.30. The molecule has 0 aliphatic carbocycles. The average molecular weight is 397 g/mol. The van der Waals surface area contributed by atoms with Gasteiger partial charge in [0.25, 0.3) is 0 Å². The molecule has 1 unspecified atom stereocenters. The van der Waals surface area contributed by atoms with Crippen molar-refractivity contribution < 1.29 is 18.7 Å². The van der Waals surface area contributed by atoms with E-state index in [-0.39, 0.29) is 18.4 Å². The zero-order valence-corrected chi connectivity index (χ0v) is 16.8. The van der Waals surface area contributed by atoms with E-state index in [0.29, 0.717) is 37.8 Å². The molecular formula is C24H25F2NO2. The molecule has 1 heterocycles. The second kappa shape index (κ2) is 9.19. The number of anilines is 1. The Morgan fingerprint density at radius 2 is 1.90 bits per heavy atom. The van der Waals surface area contributed by atoms with Crippen molar-refractivity contribution in [2.75, 3.05) is 18.1 Å². The fraction of sp³-hybridized carbons (Fsp3) is 0.375. The van der Waals surface area contributed by atoms with E-state index in [1.165, 1.54) is 12.1 Å². The molecule has 5 heteroatoms. The van der Waals surface area contributed by atoms with Gasteiger partial charge in [-0.3, -0.25) is 4.79 Å². The highest BCUT2D eigenvalue weighted by atomic mass is 19.1. The van der Waals surface area contributed by atoms with Crippen molar-refractivity contribution in [1.29, 1.82) is 0 Å². The van der Waals surface area contributed by atoms with Gasteiger partial charge in [0.05, 0.1) is 6.61 Å². The Morgan fingerprint density at radius 3 is 2.55 bits per heavy atom. The molecule has 1 atom stereocenters. The lowest BCUT2D eigenvalue weighted by Crippen LogP contribution is -2.41. The largest absolute Gasteiger partial charge is 0.395 e. The fourth-order valence-electron chi connectivity index (χ4n) is 3.97. The van der Waals surface area contributed by atoms with Crippen LogP contribution in [-0.2, 0) is 11.2 Å². The molecule has 1 amide bonds. The third-order valence-corrected chi connectivity index (χ3v) is 5.26. The average Bonchev–Trinajstić information content (AvgIpc) is 2.66. The van der Waals surface area contributed by atoms with Crippen LogP contribution in [0.4, 0.5) is 14.5 Å². The minimum absolute atomic E-state index is 0.0291. The van der Waals surface area contributed by atoms with Gasteiger partial charge in [-0.05, 0) is 67.5 Å². The van der Waals surface area contributed by atoms with Crippen molar-refractivity contribution in [3.63, 3.8) is 0 Å². The number of benzene rings is 2. The summed E-state index contributed by atoms with van der Waals surface area (Å²) in [6, 6.07) is 7.56. The molecule has 0 spiro atoms. The number of hydrogen-bond acceptors (Lipinski definition) is 2. The summed E-state index contributed by atoms with van der Waals surface area (Å²) in [4.78, 5) is 14.4. The summed E-state index contributed by atoms with van der Waals surface area (Å²) in [5.74, 6) is 5.00. The molecule has 0 saturated carbocycles.